The van der Waals surface area contributed by atoms with Gasteiger partial charge in [-0.2, -0.15) is 0 Å². The second kappa shape index (κ2) is 7.38. The highest BCUT2D eigenvalue weighted by Crippen LogP contribution is 2.17. The Morgan fingerprint density at radius 2 is 1.58 bits per heavy atom. The summed E-state index contributed by atoms with van der Waals surface area (Å²) >= 11 is 0. The molecule has 0 aliphatic rings. The van der Waals surface area contributed by atoms with Crippen molar-refractivity contribution in [1.82, 2.24) is 9.71 Å². The molecule has 3 rings (SSSR count). The average molecular weight is 338 g/mol. The Morgan fingerprint density at radius 3 is 2.33 bits per heavy atom. The summed E-state index contributed by atoms with van der Waals surface area (Å²) < 4.78 is 27.1. The molecular weight excluding hydrogens is 320 g/mol. The standard InChI is InChI=1S/C19H18N2O2S/c22-24(23,15-16-7-2-1-3-8-16)21-14-17-9-6-10-18(13-17)19-11-4-5-12-20-19/h1-13,21H,14-15H2. The molecule has 1 N–H and O–H groups in total. The largest absolute Gasteiger partial charge is 0.256 e. The maximum atomic E-state index is 12.2. The maximum Gasteiger partial charge on any atom is 0.216 e. The fourth-order valence-corrected chi connectivity index (χ4v) is 3.53. The lowest BCUT2D eigenvalue weighted by molar-refractivity contribution is 0.580. The molecule has 0 saturated heterocycles. The van der Waals surface area contributed by atoms with Gasteiger partial charge in [-0.1, -0.05) is 54.6 Å². The Hall–Kier alpha value is -2.50. The lowest BCUT2D eigenvalue weighted by Crippen LogP contribution is -2.24. The molecule has 0 fully saturated rings. The van der Waals surface area contributed by atoms with E-state index in [4.69, 9.17) is 0 Å². The van der Waals surface area contributed by atoms with E-state index in [1.54, 1.807) is 18.3 Å². The SMILES string of the molecule is O=S(=O)(Cc1ccccc1)NCc1cccc(-c2ccccn2)c1. The van der Waals surface area contributed by atoms with Crippen LogP contribution in [0.1, 0.15) is 11.1 Å². The van der Waals surface area contributed by atoms with Crippen LogP contribution in [0.3, 0.4) is 0 Å². The van der Waals surface area contributed by atoms with Crippen LogP contribution in [0.4, 0.5) is 0 Å². The maximum absolute atomic E-state index is 12.2. The number of sulfonamides is 1. The molecule has 0 atom stereocenters. The molecule has 0 bridgehead atoms. The van der Waals surface area contributed by atoms with Crippen molar-refractivity contribution in [2.24, 2.45) is 0 Å². The van der Waals surface area contributed by atoms with E-state index < -0.39 is 10.0 Å². The van der Waals surface area contributed by atoms with E-state index in [0.717, 1.165) is 22.4 Å². The first kappa shape index (κ1) is 16.4. The molecule has 122 valence electrons. The van der Waals surface area contributed by atoms with E-state index in [-0.39, 0.29) is 12.3 Å². The van der Waals surface area contributed by atoms with Gasteiger partial charge in [0, 0.05) is 18.3 Å². The predicted octanol–water partition coefficient (Wildman–Crippen LogP) is 3.37. The summed E-state index contributed by atoms with van der Waals surface area (Å²) in [5.41, 5.74) is 3.50. The number of hydrogen-bond donors (Lipinski definition) is 1. The predicted molar refractivity (Wildman–Crippen MR) is 95.6 cm³/mol. The zero-order chi connectivity index (χ0) is 16.8. The minimum absolute atomic E-state index is 0.0201. The van der Waals surface area contributed by atoms with Crippen molar-refractivity contribution in [1.29, 1.82) is 0 Å². The van der Waals surface area contributed by atoms with Crippen LogP contribution in [0.5, 0.6) is 0 Å². The van der Waals surface area contributed by atoms with E-state index in [0.29, 0.717) is 0 Å². The quantitative estimate of drug-likeness (QED) is 0.750. The van der Waals surface area contributed by atoms with Crippen LogP contribution in [0.2, 0.25) is 0 Å². The van der Waals surface area contributed by atoms with Crippen molar-refractivity contribution in [2.45, 2.75) is 12.3 Å². The van der Waals surface area contributed by atoms with E-state index in [1.165, 1.54) is 0 Å². The van der Waals surface area contributed by atoms with Crippen LogP contribution in [0, 0.1) is 0 Å². The van der Waals surface area contributed by atoms with Crippen molar-refractivity contribution >= 4 is 10.0 Å². The summed E-state index contributed by atoms with van der Waals surface area (Å²) in [4.78, 5) is 4.32. The van der Waals surface area contributed by atoms with Gasteiger partial charge in [0.15, 0.2) is 0 Å². The van der Waals surface area contributed by atoms with Crippen LogP contribution in [-0.4, -0.2) is 13.4 Å². The average Bonchev–Trinajstić information content (AvgIpc) is 2.62. The van der Waals surface area contributed by atoms with E-state index in [1.807, 2.05) is 60.7 Å². The lowest BCUT2D eigenvalue weighted by atomic mass is 10.1. The van der Waals surface area contributed by atoms with E-state index >= 15 is 0 Å². The number of nitrogens with one attached hydrogen (secondary N) is 1. The molecule has 0 saturated carbocycles. The highest BCUT2D eigenvalue weighted by atomic mass is 32.2. The molecule has 3 aromatic rings. The number of hydrogen-bond acceptors (Lipinski definition) is 3. The number of benzene rings is 2. The molecule has 1 heterocycles. The first-order chi connectivity index (χ1) is 11.6. The molecular formula is C19H18N2O2S. The lowest BCUT2D eigenvalue weighted by Gasteiger charge is -2.08. The summed E-state index contributed by atoms with van der Waals surface area (Å²) in [5.74, 6) is -0.0201. The van der Waals surface area contributed by atoms with Crippen LogP contribution < -0.4 is 4.72 Å². The molecule has 4 nitrogen and oxygen atoms in total. The van der Waals surface area contributed by atoms with Gasteiger partial charge < -0.3 is 0 Å². The van der Waals surface area contributed by atoms with Crippen LogP contribution >= 0.6 is 0 Å². The Labute approximate surface area is 142 Å². The normalized spacial score (nSPS) is 11.3. The van der Waals surface area contributed by atoms with E-state index in [2.05, 4.69) is 9.71 Å². The van der Waals surface area contributed by atoms with Crippen LogP contribution in [-0.2, 0) is 22.3 Å². The minimum Gasteiger partial charge on any atom is -0.256 e. The summed E-state index contributed by atoms with van der Waals surface area (Å²) in [6.07, 6.45) is 1.74. The summed E-state index contributed by atoms with van der Waals surface area (Å²) in [6.45, 7) is 0.260. The number of rotatable bonds is 6. The van der Waals surface area contributed by atoms with Gasteiger partial charge in [0.1, 0.15) is 0 Å². The second-order valence-corrected chi connectivity index (χ2v) is 7.29. The molecule has 0 amide bonds. The van der Waals surface area contributed by atoms with Gasteiger partial charge in [0.05, 0.1) is 11.4 Å². The zero-order valence-electron chi connectivity index (χ0n) is 13.1. The molecule has 0 spiro atoms. The van der Waals surface area contributed by atoms with E-state index in [9.17, 15) is 8.42 Å². The molecule has 0 aliphatic heterocycles. The van der Waals surface area contributed by atoms with Gasteiger partial charge in [-0.15, -0.1) is 0 Å². The molecule has 1 aromatic heterocycles. The fourth-order valence-electron chi connectivity index (χ4n) is 2.41. The van der Waals surface area contributed by atoms with Crippen molar-refractivity contribution in [3.63, 3.8) is 0 Å². The topological polar surface area (TPSA) is 59.1 Å². The smallest absolute Gasteiger partial charge is 0.216 e. The van der Waals surface area contributed by atoms with Gasteiger partial charge in [0.2, 0.25) is 10.0 Å². The number of pyridine rings is 1. The monoisotopic (exact) mass is 338 g/mol. The molecule has 24 heavy (non-hydrogen) atoms. The van der Waals surface area contributed by atoms with Gasteiger partial charge in [-0.3, -0.25) is 4.98 Å². The Balaban J connectivity index is 1.68. The molecule has 2 aromatic carbocycles. The van der Waals surface area contributed by atoms with Crippen molar-refractivity contribution < 1.29 is 8.42 Å². The third-order valence-electron chi connectivity index (χ3n) is 3.58. The molecule has 5 heteroatoms. The number of aromatic nitrogens is 1. The minimum atomic E-state index is -3.38. The third kappa shape index (κ3) is 4.50. The summed E-state index contributed by atoms with van der Waals surface area (Å²) in [7, 11) is -3.38. The Morgan fingerprint density at radius 1 is 0.833 bits per heavy atom. The number of nitrogens with zero attached hydrogens (tertiary/aromatic N) is 1. The van der Waals surface area contributed by atoms with Gasteiger partial charge >= 0.3 is 0 Å². The van der Waals surface area contributed by atoms with Crippen LogP contribution in [0.15, 0.2) is 79.0 Å². The zero-order valence-corrected chi connectivity index (χ0v) is 13.9. The molecule has 0 unspecified atom stereocenters. The van der Waals surface area contributed by atoms with Gasteiger partial charge in [0.25, 0.3) is 0 Å². The van der Waals surface area contributed by atoms with Crippen LogP contribution in [0.25, 0.3) is 11.3 Å². The van der Waals surface area contributed by atoms with Crippen molar-refractivity contribution in [3.05, 3.63) is 90.1 Å². The Kier molecular flexibility index (Phi) is 5.03. The highest BCUT2D eigenvalue weighted by Gasteiger charge is 2.11. The first-order valence-corrected chi connectivity index (χ1v) is 9.29. The fraction of sp³-hybridized carbons (Fsp3) is 0.105. The molecule has 0 aliphatic carbocycles. The third-order valence-corrected chi connectivity index (χ3v) is 4.88. The first-order valence-electron chi connectivity index (χ1n) is 7.64. The van der Waals surface area contributed by atoms with Gasteiger partial charge in [-0.25, -0.2) is 13.1 Å². The van der Waals surface area contributed by atoms with Crippen molar-refractivity contribution in [2.75, 3.05) is 0 Å². The summed E-state index contributed by atoms with van der Waals surface area (Å²) in [6, 6.07) is 22.6. The second-order valence-electron chi connectivity index (χ2n) is 5.48. The molecule has 0 radical (unpaired) electrons. The highest BCUT2D eigenvalue weighted by molar-refractivity contribution is 7.88. The van der Waals surface area contributed by atoms with Crippen molar-refractivity contribution in [3.8, 4) is 11.3 Å². The Bertz CT molecular complexity index is 895. The summed E-state index contributed by atoms with van der Waals surface area (Å²) in [5, 5.41) is 0. The van der Waals surface area contributed by atoms with Gasteiger partial charge in [-0.05, 0) is 29.3 Å².